The van der Waals surface area contributed by atoms with Gasteiger partial charge in [-0.2, -0.15) is 4.31 Å². The first-order valence-electron chi connectivity index (χ1n) is 8.87. The molecule has 5 nitrogen and oxygen atoms in total. The molecule has 0 unspecified atom stereocenters. The van der Waals surface area contributed by atoms with Crippen LogP contribution in [0.5, 0.6) is 0 Å². The van der Waals surface area contributed by atoms with Crippen molar-refractivity contribution in [1.29, 1.82) is 0 Å². The molecule has 1 amide bonds. The number of rotatable bonds is 4. The quantitative estimate of drug-likeness (QED) is 0.770. The molecule has 1 saturated heterocycles. The molecule has 0 atom stereocenters. The molecule has 2 aromatic carbocycles. The van der Waals surface area contributed by atoms with Crippen LogP contribution in [0.1, 0.15) is 34.3 Å². The molecule has 1 aliphatic rings. The molecule has 0 aliphatic carbocycles. The number of carbonyl (C=O) groups is 1. The zero-order chi connectivity index (χ0) is 19.8. The molecule has 3 rings (SSSR count). The molecule has 1 aliphatic heterocycles. The number of sulfonamides is 1. The van der Waals surface area contributed by atoms with Gasteiger partial charge in [0.1, 0.15) is 0 Å². The van der Waals surface area contributed by atoms with Crippen molar-refractivity contribution in [2.24, 2.45) is 0 Å². The lowest BCUT2D eigenvalue weighted by molar-refractivity contribution is 0.0993. The first kappa shape index (κ1) is 19.9. The average Bonchev–Trinajstić information content (AvgIpc) is 3.18. The zero-order valence-corrected chi connectivity index (χ0v) is 17.3. The fourth-order valence-electron chi connectivity index (χ4n) is 3.28. The average molecular weight is 407 g/mol. The van der Waals surface area contributed by atoms with Crippen molar-refractivity contribution in [3.63, 3.8) is 0 Å². The first-order valence-corrected chi connectivity index (χ1v) is 10.7. The first-order chi connectivity index (χ1) is 12.7. The number of benzene rings is 2. The van der Waals surface area contributed by atoms with Gasteiger partial charge in [0, 0.05) is 25.8 Å². The second-order valence-electron chi connectivity index (χ2n) is 6.91. The highest BCUT2D eigenvalue weighted by Gasteiger charge is 2.29. The lowest BCUT2D eigenvalue weighted by atomic mass is 10.1. The predicted octanol–water partition coefficient (Wildman–Crippen LogP) is 4.02. The van der Waals surface area contributed by atoms with E-state index in [1.165, 1.54) is 27.4 Å². The van der Waals surface area contributed by atoms with Gasteiger partial charge in [-0.15, -0.1) is 0 Å². The van der Waals surface area contributed by atoms with Gasteiger partial charge in [0.05, 0.1) is 15.5 Å². The third-order valence-corrected chi connectivity index (χ3v) is 7.13. The number of nitrogens with zero attached hydrogens (tertiary/aromatic N) is 2. The van der Waals surface area contributed by atoms with E-state index in [0.717, 1.165) is 29.7 Å². The summed E-state index contributed by atoms with van der Waals surface area (Å²) in [5.74, 6) is -0.341. The number of anilines is 1. The van der Waals surface area contributed by atoms with Gasteiger partial charge in [-0.1, -0.05) is 23.7 Å². The molecule has 1 heterocycles. The summed E-state index contributed by atoms with van der Waals surface area (Å²) in [4.78, 5) is 14.7. The van der Waals surface area contributed by atoms with Crippen LogP contribution < -0.4 is 4.90 Å². The van der Waals surface area contributed by atoms with E-state index in [9.17, 15) is 13.2 Å². The summed E-state index contributed by atoms with van der Waals surface area (Å²) < 4.78 is 27.1. The van der Waals surface area contributed by atoms with Crippen molar-refractivity contribution in [3.8, 4) is 0 Å². The molecule has 144 valence electrons. The van der Waals surface area contributed by atoms with Crippen molar-refractivity contribution in [3.05, 3.63) is 58.1 Å². The van der Waals surface area contributed by atoms with E-state index in [1.54, 1.807) is 7.05 Å². The molecule has 0 bridgehead atoms. The van der Waals surface area contributed by atoms with Crippen LogP contribution >= 0.6 is 11.6 Å². The van der Waals surface area contributed by atoms with Crippen molar-refractivity contribution in [2.75, 3.05) is 25.0 Å². The Morgan fingerprint density at radius 1 is 1.07 bits per heavy atom. The Bertz CT molecular complexity index is 983. The summed E-state index contributed by atoms with van der Waals surface area (Å²) >= 11 is 6.25. The molecule has 27 heavy (non-hydrogen) atoms. The standard InChI is InChI=1S/C20H23ClN2O3S/c1-14-6-7-15(2)19(12-14)22(3)20(24)17-13-16(8-9-18(17)21)27(25,26)23-10-4-5-11-23/h6-9,12-13H,4-5,10-11H2,1-3H3. The highest BCUT2D eigenvalue weighted by Crippen LogP contribution is 2.28. The van der Waals surface area contributed by atoms with Crippen LogP contribution in [0.4, 0.5) is 5.69 Å². The highest BCUT2D eigenvalue weighted by atomic mass is 35.5. The third-order valence-electron chi connectivity index (χ3n) is 4.90. The zero-order valence-electron chi connectivity index (χ0n) is 15.7. The number of aryl methyl sites for hydroxylation is 2. The second-order valence-corrected chi connectivity index (χ2v) is 9.25. The molecular formula is C20H23ClN2O3S. The van der Waals surface area contributed by atoms with Crippen LogP contribution in [0, 0.1) is 13.8 Å². The Morgan fingerprint density at radius 2 is 1.74 bits per heavy atom. The predicted molar refractivity (Wildman–Crippen MR) is 108 cm³/mol. The van der Waals surface area contributed by atoms with Gasteiger partial charge < -0.3 is 4.90 Å². The van der Waals surface area contributed by atoms with E-state index in [4.69, 9.17) is 11.6 Å². The number of carbonyl (C=O) groups excluding carboxylic acids is 1. The molecule has 0 saturated carbocycles. The summed E-state index contributed by atoms with van der Waals surface area (Å²) in [6.07, 6.45) is 1.71. The van der Waals surface area contributed by atoms with Gasteiger partial charge in [0.15, 0.2) is 0 Å². The van der Waals surface area contributed by atoms with E-state index in [2.05, 4.69) is 0 Å². The normalized spacial score (nSPS) is 15.1. The molecule has 0 radical (unpaired) electrons. The van der Waals surface area contributed by atoms with Crippen molar-refractivity contribution >= 4 is 33.2 Å². The monoisotopic (exact) mass is 406 g/mol. The van der Waals surface area contributed by atoms with Gasteiger partial charge in [-0.05, 0) is 62.1 Å². The largest absolute Gasteiger partial charge is 0.311 e. The lowest BCUT2D eigenvalue weighted by Gasteiger charge is -2.22. The molecule has 0 spiro atoms. The van der Waals surface area contributed by atoms with Crippen LogP contribution in [-0.4, -0.2) is 38.8 Å². The minimum absolute atomic E-state index is 0.103. The van der Waals surface area contributed by atoms with Gasteiger partial charge in [0.25, 0.3) is 5.91 Å². The Morgan fingerprint density at radius 3 is 2.41 bits per heavy atom. The molecule has 2 aromatic rings. The summed E-state index contributed by atoms with van der Waals surface area (Å²) in [5, 5.41) is 0.234. The maximum absolute atomic E-state index is 13.1. The summed E-state index contributed by atoms with van der Waals surface area (Å²) in [6.45, 7) is 4.90. The van der Waals surface area contributed by atoms with Crippen LogP contribution in [0.3, 0.4) is 0 Å². The van der Waals surface area contributed by atoms with E-state index in [1.807, 2.05) is 32.0 Å². The van der Waals surface area contributed by atoms with E-state index in [0.29, 0.717) is 13.1 Å². The molecular weight excluding hydrogens is 384 g/mol. The molecule has 0 aromatic heterocycles. The van der Waals surface area contributed by atoms with Gasteiger partial charge >= 0.3 is 0 Å². The number of hydrogen-bond acceptors (Lipinski definition) is 3. The van der Waals surface area contributed by atoms with E-state index in [-0.39, 0.29) is 21.4 Å². The van der Waals surface area contributed by atoms with Crippen molar-refractivity contribution in [2.45, 2.75) is 31.6 Å². The minimum atomic E-state index is -3.61. The topological polar surface area (TPSA) is 57.7 Å². The Labute approximate surface area is 165 Å². The van der Waals surface area contributed by atoms with Crippen LogP contribution in [0.25, 0.3) is 0 Å². The van der Waals surface area contributed by atoms with Gasteiger partial charge in [-0.3, -0.25) is 4.79 Å². The number of hydrogen-bond donors (Lipinski definition) is 0. The Balaban J connectivity index is 1.98. The van der Waals surface area contributed by atoms with Crippen molar-refractivity contribution < 1.29 is 13.2 Å². The number of halogens is 1. The van der Waals surface area contributed by atoms with E-state index < -0.39 is 10.0 Å². The molecule has 0 N–H and O–H groups in total. The molecule has 1 fully saturated rings. The minimum Gasteiger partial charge on any atom is -0.311 e. The Kier molecular flexibility index (Phi) is 5.60. The van der Waals surface area contributed by atoms with Crippen LogP contribution in [0.2, 0.25) is 5.02 Å². The second kappa shape index (κ2) is 7.62. The summed E-state index contributed by atoms with van der Waals surface area (Å²) in [6, 6.07) is 10.2. The Hall–Kier alpha value is -1.89. The number of amides is 1. The van der Waals surface area contributed by atoms with Crippen LogP contribution in [-0.2, 0) is 10.0 Å². The van der Waals surface area contributed by atoms with Gasteiger partial charge in [-0.25, -0.2) is 8.42 Å². The highest BCUT2D eigenvalue weighted by molar-refractivity contribution is 7.89. The smallest absolute Gasteiger partial charge is 0.259 e. The SMILES string of the molecule is Cc1ccc(C)c(N(C)C(=O)c2cc(S(=O)(=O)N3CCCC3)ccc2Cl)c1. The maximum atomic E-state index is 13.1. The fourth-order valence-corrected chi connectivity index (χ4v) is 5.02. The molecule has 7 heteroatoms. The third kappa shape index (κ3) is 3.88. The van der Waals surface area contributed by atoms with Gasteiger partial charge in [0.2, 0.25) is 10.0 Å². The fraction of sp³-hybridized carbons (Fsp3) is 0.350. The van der Waals surface area contributed by atoms with Crippen molar-refractivity contribution in [1.82, 2.24) is 4.31 Å². The summed E-state index contributed by atoms with van der Waals surface area (Å²) in [5.41, 5.74) is 2.93. The lowest BCUT2D eigenvalue weighted by Crippen LogP contribution is -2.29. The van der Waals surface area contributed by atoms with E-state index >= 15 is 0 Å². The van der Waals surface area contributed by atoms with Crippen LogP contribution in [0.15, 0.2) is 41.3 Å². The maximum Gasteiger partial charge on any atom is 0.259 e. The summed E-state index contributed by atoms with van der Waals surface area (Å²) in [7, 11) is -1.94.